The Morgan fingerprint density at radius 1 is 1.20 bits per heavy atom. The lowest BCUT2D eigenvalue weighted by Crippen LogP contribution is -1.88. The van der Waals surface area contributed by atoms with E-state index in [0.29, 0.717) is 5.88 Å². The molecule has 15 heavy (non-hydrogen) atoms. The van der Waals surface area contributed by atoms with Gasteiger partial charge in [0.2, 0.25) is 5.88 Å². The first-order chi connectivity index (χ1) is 7.28. The van der Waals surface area contributed by atoms with Crippen LogP contribution in [0.25, 0.3) is 0 Å². The SMILES string of the molecule is C=C/C=N\C(=C/C=C)OC(/C=C\C)=C/C. The maximum Gasteiger partial charge on any atom is 0.219 e. The second-order valence-electron chi connectivity index (χ2n) is 2.55. The van der Waals surface area contributed by atoms with E-state index in [2.05, 4.69) is 18.2 Å². The summed E-state index contributed by atoms with van der Waals surface area (Å²) in [6.45, 7) is 11.0. The van der Waals surface area contributed by atoms with E-state index < -0.39 is 0 Å². The van der Waals surface area contributed by atoms with Crippen LogP contribution in [0.1, 0.15) is 13.8 Å². The first kappa shape index (κ1) is 13.2. The minimum Gasteiger partial charge on any atom is -0.439 e. The van der Waals surface area contributed by atoms with E-state index in [0.717, 1.165) is 5.76 Å². The maximum atomic E-state index is 5.50. The molecule has 0 amide bonds. The molecule has 0 aliphatic heterocycles. The molecule has 0 rings (SSSR count). The molecule has 0 aliphatic carbocycles. The van der Waals surface area contributed by atoms with Crippen LogP contribution in [-0.4, -0.2) is 6.21 Å². The van der Waals surface area contributed by atoms with Crippen LogP contribution in [0.2, 0.25) is 0 Å². The number of nitrogens with zero attached hydrogens (tertiary/aromatic N) is 1. The van der Waals surface area contributed by atoms with Gasteiger partial charge in [-0.15, -0.1) is 0 Å². The van der Waals surface area contributed by atoms with Crippen LogP contribution < -0.4 is 0 Å². The monoisotopic (exact) mass is 203 g/mol. The van der Waals surface area contributed by atoms with E-state index in [1.54, 1.807) is 24.4 Å². The molecule has 80 valence electrons. The molecule has 0 aromatic carbocycles. The summed E-state index contributed by atoms with van der Waals surface area (Å²) in [7, 11) is 0. The average Bonchev–Trinajstić information content (AvgIpc) is 2.25. The molecule has 0 atom stereocenters. The second kappa shape index (κ2) is 8.75. The van der Waals surface area contributed by atoms with Crippen molar-refractivity contribution in [3.63, 3.8) is 0 Å². The molecular formula is C13H17NO. The van der Waals surface area contributed by atoms with Gasteiger partial charge in [-0.3, -0.25) is 0 Å². The maximum absolute atomic E-state index is 5.50. The number of ether oxygens (including phenoxy) is 1. The second-order valence-corrected chi connectivity index (χ2v) is 2.55. The zero-order valence-corrected chi connectivity index (χ0v) is 9.31. The highest BCUT2D eigenvalue weighted by molar-refractivity contribution is 5.71. The van der Waals surface area contributed by atoms with Crippen molar-refractivity contribution in [1.29, 1.82) is 0 Å². The first-order valence-corrected chi connectivity index (χ1v) is 4.73. The third kappa shape index (κ3) is 6.27. The standard InChI is InChI=1S/C13H17NO/c1-5-9-12(8-4)15-13(10-6-2)14-11-7-3/h5-11H,2-3H2,1,4H3/b9-5-,12-8+,13-10+,14-11-. The molecular weight excluding hydrogens is 186 g/mol. The highest BCUT2D eigenvalue weighted by Gasteiger charge is 1.95. The molecule has 2 heteroatoms. The molecule has 0 N–H and O–H groups in total. The highest BCUT2D eigenvalue weighted by Crippen LogP contribution is 2.09. The fourth-order valence-corrected chi connectivity index (χ4v) is 0.805. The summed E-state index contributed by atoms with van der Waals surface area (Å²) in [6, 6.07) is 0. The molecule has 0 aromatic heterocycles. The van der Waals surface area contributed by atoms with Crippen molar-refractivity contribution in [2.75, 3.05) is 0 Å². The molecule has 0 aliphatic rings. The molecule has 0 aromatic rings. The van der Waals surface area contributed by atoms with Crippen LogP contribution in [0.3, 0.4) is 0 Å². The molecule has 0 unspecified atom stereocenters. The quantitative estimate of drug-likeness (QED) is 0.366. The molecule has 0 fully saturated rings. The topological polar surface area (TPSA) is 21.6 Å². The fraction of sp³-hybridized carbons (Fsp3) is 0.154. The minimum atomic E-state index is 0.483. The van der Waals surface area contributed by atoms with Crippen molar-refractivity contribution in [3.05, 3.63) is 61.3 Å². The molecule has 0 spiro atoms. The van der Waals surface area contributed by atoms with Crippen molar-refractivity contribution >= 4 is 6.21 Å². The van der Waals surface area contributed by atoms with Crippen molar-refractivity contribution in [2.45, 2.75) is 13.8 Å². The number of rotatable bonds is 6. The summed E-state index contributed by atoms with van der Waals surface area (Å²) >= 11 is 0. The van der Waals surface area contributed by atoms with E-state index in [1.165, 1.54) is 0 Å². The van der Waals surface area contributed by atoms with E-state index in [4.69, 9.17) is 4.74 Å². The lowest BCUT2D eigenvalue weighted by atomic mass is 10.4. The van der Waals surface area contributed by atoms with Crippen LogP contribution in [0.5, 0.6) is 0 Å². The molecule has 0 saturated carbocycles. The van der Waals surface area contributed by atoms with Gasteiger partial charge in [-0.2, -0.15) is 0 Å². The Morgan fingerprint density at radius 3 is 2.40 bits per heavy atom. The van der Waals surface area contributed by atoms with E-state index in [-0.39, 0.29) is 0 Å². The van der Waals surface area contributed by atoms with E-state index in [9.17, 15) is 0 Å². The van der Waals surface area contributed by atoms with Crippen LogP contribution in [0.15, 0.2) is 66.2 Å². The molecule has 0 heterocycles. The van der Waals surface area contributed by atoms with Crippen LogP contribution in [-0.2, 0) is 4.74 Å². The van der Waals surface area contributed by atoms with Crippen LogP contribution >= 0.6 is 0 Å². The third-order valence-corrected chi connectivity index (χ3v) is 1.41. The van der Waals surface area contributed by atoms with Gasteiger partial charge in [-0.25, -0.2) is 4.99 Å². The number of allylic oxidation sites excluding steroid dienone is 6. The Morgan fingerprint density at radius 2 is 1.93 bits per heavy atom. The number of hydrogen-bond acceptors (Lipinski definition) is 2. The zero-order valence-electron chi connectivity index (χ0n) is 9.31. The summed E-state index contributed by atoms with van der Waals surface area (Å²) in [6.07, 6.45) is 12.1. The van der Waals surface area contributed by atoms with Crippen molar-refractivity contribution < 1.29 is 4.74 Å². The van der Waals surface area contributed by atoms with Gasteiger partial charge < -0.3 is 4.74 Å². The molecule has 0 saturated heterocycles. The summed E-state index contributed by atoms with van der Waals surface area (Å²) in [5.41, 5.74) is 0. The smallest absolute Gasteiger partial charge is 0.219 e. The molecule has 0 radical (unpaired) electrons. The number of hydrogen-bond donors (Lipinski definition) is 0. The van der Waals surface area contributed by atoms with Gasteiger partial charge >= 0.3 is 0 Å². The minimum absolute atomic E-state index is 0.483. The Hall–Kier alpha value is -1.83. The fourth-order valence-electron chi connectivity index (χ4n) is 0.805. The summed E-state index contributed by atoms with van der Waals surface area (Å²) in [5, 5.41) is 0. The zero-order chi connectivity index (χ0) is 11.5. The summed E-state index contributed by atoms with van der Waals surface area (Å²) < 4.78 is 5.50. The van der Waals surface area contributed by atoms with Gasteiger partial charge in [0.25, 0.3) is 0 Å². The van der Waals surface area contributed by atoms with Gasteiger partial charge in [-0.05, 0) is 26.0 Å². The Kier molecular flexibility index (Phi) is 7.69. The first-order valence-electron chi connectivity index (χ1n) is 4.73. The van der Waals surface area contributed by atoms with Gasteiger partial charge in [0.1, 0.15) is 5.76 Å². The van der Waals surface area contributed by atoms with Crippen molar-refractivity contribution in [3.8, 4) is 0 Å². The normalized spacial score (nSPS) is 13.5. The summed E-state index contributed by atoms with van der Waals surface area (Å²) in [5.74, 6) is 1.22. The molecule has 2 nitrogen and oxygen atoms in total. The Bertz CT molecular complexity index is 319. The van der Waals surface area contributed by atoms with Crippen molar-refractivity contribution in [1.82, 2.24) is 0 Å². The average molecular weight is 203 g/mol. The van der Waals surface area contributed by atoms with Gasteiger partial charge in [0.15, 0.2) is 0 Å². The predicted molar refractivity (Wildman–Crippen MR) is 66.6 cm³/mol. The van der Waals surface area contributed by atoms with E-state index >= 15 is 0 Å². The Labute approximate surface area is 91.7 Å². The van der Waals surface area contributed by atoms with Gasteiger partial charge in [0, 0.05) is 12.3 Å². The largest absolute Gasteiger partial charge is 0.439 e. The summed E-state index contributed by atoms with van der Waals surface area (Å²) in [4.78, 5) is 4.05. The predicted octanol–water partition coefficient (Wildman–Crippen LogP) is 3.77. The Balaban J connectivity index is 4.67. The third-order valence-electron chi connectivity index (χ3n) is 1.41. The van der Waals surface area contributed by atoms with Crippen LogP contribution in [0, 0.1) is 0 Å². The number of aliphatic imine (C=N–C) groups is 1. The molecule has 0 bridgehead atoms. The highest BCUT2D eigenvalue weighted by atomic mass is 16.5. The van der Waals surface area contributed by atoms with Gasteiger partial charge in [0.05, 0.1) is 0 Å². The van der Waals surface area contributed by atoms with E-state index in [1.807, 2.05) is 32.1 Å². The van der Waals surface area contributed by atoms with Crippen LogP contribution in [0.4, 0.5) is 0 Å². The van der Waals surface area contributed by atoms with Crippen molar-refractivity contribution in [2.24, 2.45) is 4.99 Å². The lowest BCUT2D eigenvalue weighted by Gasteiger charge is -2.04. The van der Waals surface area contributed by atoms with Gasteiger partial charge in [-0.1, -0.05) is 31.4 Å². The lowest BCUT2D eigenvalue weighted by molar-refractivity contribution is 0.317.